The van der Waals surface area contributed by atoms with Gasteiger partial charge in [-0.3, -0.25) is 9.78 Å². The monoisotopic (exact) mass is 447 g/mol. The number of amides is 1. The summed E-state index contributed by atoms with van der Waals surface area (Å²) in [6.45, 7) is 8.56. The second kappa shape index (κ2) is 10.9. The van der Waals surface area contributed by atoms with Crippen molar-refractivity contribution >= 4 is 11.9 Å². The summed E-state index contributed by atoms with van der Waals surface area (Å²) in [6.07, 6.45) is -3.41. The Bertz CT molecular complexity index is 735. The molecule has 8 nitrogen and oxygen atoms in total. The molecule has 3 rings (SSSR count). The van der Waals surface area contributed by atoms with E-state index in [9.17, 15) is 18.0 Å². The second-order valence-electron chi connectivity index (χ2n) is 7.79. The molecule has 1 aromatic heterocycles. The number of carbonyl (C=O) groups is 2. The Labute approximate surface area is 178 Å². The van der Waals surface area contributed by atoms with Gasteiger partial charge in [-0.25, -0.2) is 4.79 Å². The van der Waals surface area contributed by atoms with E-state index in [2.05, 4.69) is 16.8 Å². The van der Waals surface area contributed by atoms with Crippen LogP contribution in [0.4, 0.5) is 13.2 Å². The lowest BCUT2D eigenvalue weighted by Gasteiger charge is -2.35. The molecule has 174 valence electrons. The number of rotatable bonds is 4. The number of pyridine rings is 1. The number of likely N-dealkylation sites (tertiary alicyclic amines) is 1. The summed E-state index contributed by atoms with van der Waals surface area (Å²) >= 11 is 0. The van der Waals surface area contributed by atoms with E-state index in [-0.39, 0.29) is 11.3 Å². The van der Waals surface area contributed by atoms with Crippen molar-refractivity contribution in [1.82, 2.24) is 14.8 Å². The minimum atomic E-state index is -5.08. The van der Waals surface area contributed by atoms with E-state index in [1.165, 1.54) is 0 Å². The fourth-order valence-electron chi connectivity index (χ4n) is 3.81. The first-order chi connectivity index (χ1) is 14.6. The molecule has 1 spiro atoms. The molecule has 0 radical (unpaired) electrons. The van der Waals surface area contributed by atoms with Crippen LogP contribution in [0.2, 0.25) is 0 Å². The smallest absolute Gasteiger partial charge is 0.475 e. The molecule has 1 aromatic rings. The van der Waals surface area contributed by atoms with Gasteiger partial charge >= 0.3 is 12.1 Å². The minimum Gasteiger partial charge on any atom is -0.475 e. The van der Waals surface area contributed by atoms with Gasteiger partial charge in [-0.05, 0) is 18.1 Å². The molecular formula is C20H28F3N3O5. The molecule has 2 saturated heterocycles. The van der Waals surface area contributed by atoms with Crippen LogP contribution < -0.4 is 0 Å². The lowest BCUT2D eigenvalue weighted by atomic mass is 9.79. The highest BCUT2D eigenvalue weighted by Crippen LogP contribution is 2.38. The summed E-state index contributed by atoms with van der Waals surface area (Å²) in [4.78, 5) is 30.3. The number of methoxy groups -OCH3 is 1. The quantitative estimate of drug-likeness (QED) is 0.752. The van der Waals surface area contributed by atoms with Crippen LogP contribution in [0.1, 0.15) is 17.4 Å². The van der Waals surface area contributed by atoms with Crippen LogP contribution in [0.3, 0.4) is 0 Å². The summed E-state index contributed by atoms with van der Waals surface area (Å²) in [5.74, 6) is -2.28. The zero-order valence-corrected chi connectivity index (χ0v) is 17.6. The normalized spacial score (nSPS) is 24.4. The molecule has 2 atom stereocenters. The molecule has 31 heavy (non-hydrogen) atoms. The zero-order chi connectivity index (χ0) is 23.1. The number of hydrogen-bond donors (Lipinski definition) is 1. The summed E-state index contributed by atoms with van der Waals surface area (Å²) in [7, 11) is 1.73. The van der Waals surface area contributed by atoms with Gasteiger partial charge in [0.05, 0.1) is 19.8 Å². The molecular weight excluding hydrogens is 419 g/mol. The number of halogens is 3. The van der Waals surface area contributed by atoms with E-state index >= 15 is 0 Å². The molecule has 2 fully saturated rings. The summed E-state index contributed by atoms with van der Waals surface area (Å²) in [5, 5.41) is 7.12. The van der Waals surface area contributed by atoms with Crippen LogP contribution in [0.25, 0.3) is 0 Å². The maximum absolute atomic E-state index is 12.8. The van der Waals surface area contributed by atoms with Crippen LogP contribution in [0, 0.1) is 11.3 Å². The van der Waals surface area contributed by atoms with Crippen molar-refractivity contribution in [2.45, 2.75) is 13.1 Å². The zero-order valence-electron chi connectivity index (χ0n) is 17.6. The number of ether oxygens (including phenoxy) is 2. The molecule has 0 unspecified atom stereocenters. The number of carboxylic acid groups (broad SMARTS) is 1. The molecule has 0 aliphatic carbocycles. The van der Waals surface area contributed by atoms with Gasteiger partial charge in [-0.1, -0.05) is 13.0 Å². The van der Waals surface area contributed by atoms with Gasteiger partial charge in [-0.2, -0.15) is 13.2 Å². The Kier molecular flexibility index (Phi) is 8.78. The fourth-order valence-corrected chi connectivity index (χ4v) is 3.81. The third-order valence-corrected chi connectivity index (χ3v) is 5.54. The maximum Gasteiger partial charge on any atom is 0.490 e. The number of carboxylic acids is 1. The Morgan fingerprint density at radius 3 is 2.65 bits per heavy atom. The summed E-state index contributed by atoms with van der Waals surface area (Å²) in [5.41, 5.74) is 0.505. The summed E-state index contributed by atoms with van der Waals surface area (Å²) in [6, 6.07) is 5.47. The first-order valence-corrected chi connectivity index (χ1v) is 9.88. The SMILES string of the molecule is COCCN1C[C@@H](C)[C@@]2(COCCN(C(=O)c3ccccn3)C2)C1.O=C(O)C(F)(F)F. The van der Waals surface area contributed by atoms with Crippen molar-refractivity contribution in [3.8, 4) is 0 Å². The molecule has 0 bridgehead atoms. The molecule has 1 N–H and O–H groups in total. The van der Waals surface area contributed by atoms with E-state index in [1.54, 1.807) is 19.4 Å². The number of nitrogens with zero attached hydrogens (tertiary/aromatic N) is 3. The highest BCUT2D eigenvalue weighted by molar-refractivity contribution is 5.92. The highest BCUT2D eigenvalue weighted by Gasteiger charge is 2.47. The Balaban J connectivity index is 0.000000423. The fraction of sp³-hybridized carbons (Fsp3) is 0.650. The molecule has 0 aromatic carbocycles. The van der Waals surface area contributed by atoms with Crippen LogP contribution in [0.5, 0.6) is 0 Å². The van der Waals surface area contributed by atoms with E-state index in [1.807, 2.05) is 17.0 Å². The van der Waals surface area contributed by atoms with Crippen molar-refractivity contribution in [1.29, 1.82) is 0 Å². The molecule has 1 amide bonds. The number of carbonyl (C=O) groups excluding carboxylic acids is 1. The Morgan fingerprint density at radius 1 is 1.35 bits per heavy atom. The number of hydrogen-bond acceptors (Lipinski definition) is 6. The standard InChI is InChI=1S/C18H27N3O3.C2HF3O2/c1-15-11-20(7-9-23-2)12-18(15)13-21(8-10-24-14-18)17(22)16-5-3-4-6-19-16;3-2(4,5)1(6)7/h3-6,15H,7-14H2,1-2H3;(H,6,7)/t15-,18+;/m1./s1. The van der Waals surface area contributed by atoms with E-state index in [0.29, 0.717) is 31.4 Å². The van der Waals surface area contributed by atoms with E-state index < -0.39 is 12.1 Å². The van der Waals surface area contributed by atoms with Crippen molar-refractivity contribution in [2.75, 3.05) is 59.7 Å². The van der Waals surface area contributed by atoms with Gasteiger partial charge < -0.3 is 24.4 Å². The molecule has 2 aliphatic rings. The predicted octanol–water partition coefficient (Wildman–Crippen LogP) is 1.77. The third kappa shape index (κ3) is 6.88. The van der Waals surface area contributed by atoms with Crippen molar-refractivity contribution in [2.24, 2.45) is 11.3 Å². The molecule has 0 saturated carbocycles. The topological polar surface area (TPSA) is 92.2 Å². The highest BCUT2D eigenvalue weighted by atomic mass is 19.4. The lowest BCUT2D eigenvalue weighted by Crippen LogP contribution is -2.46. The second-order valence-corrected chi connectivity index (χ2v) is 7.79. The average Bonchev–Trinajstić information content (AvgIpc) is 2.89. The predicted molar refractivity (Wildman–Crippen MR) is 105 cm³/mol. The van der Waals surface area contributed by atoms with Gasteiger partial charge in [-0.15, -0.1) is 0 Å². The van der Waals surface area contributed by atoms with Crippen LogP contribution >= 0.6 is 0 Å². The Hall–Kier alpha value is -2.24. The van der Waals surface area contributed by atoms with E-state index in [4.69, 9.17) is 19.4 Å². The number of alkyl halides is 3. The largest absolute Gasteiger partial charge is 0.490 e. The van der Waals surface area contributed by atoms with Gasteiger partial charge in [0.25, 0.3) is 5.91 Å². The van der Waals surface area contributed by atoms with Crippen LogP contribution in [-0.4, -0.2) is 97.6 Å². The molecule has 2 aliphatic heterocycles. The van der Waals surface area contributed by atoms with Gasteiger partial charge in [0, 0.05) is 51.4 Å². The van der Waals surface area contributed by atoms with Crippen molar-refractivity contribution in [3.63, 3.8) is 0 Å². The van der Waals surface area contributed by atoms with E-state index in [0.717, 1.165) is 32.8 Å². The van der Waals surface area contributed by atoms with Crippen molar-refractivity contribution in [3.05, 3.63) is 30.1 Å². The minimum absolute atomic E-state index is 0.00279. The number of aliphatic carboxylic acids is 1. The maximum atomic E-state index is 12.8. The van der Waals surface area contributed by atoms with Gasteiger partial charge in [0.15, 0.2) is 0 Å². The third-order valence-electron chi connectivity index (χ3n) is 5.54. The Morgan fingerprint density at radius 2 is 2.06 bits per heavy atom. The molecule has 3 heterocycles. The molecule has 11 heteroatoms. The van der Waals surface area contributed by atoms with Crippen LogP contribution in [-0.2, 0) is 14.3 Å². The first-order valence-electron chi connectivity index (χ1n) is 9.88. The van der Waals surface area contributed by atoms with Crippen LogP contribution in [0.15, 0.2) is 24.4 Å². The van der Waals surface area contributed by atoms with Crippen molar-refractivity contribution < 1.29 is 37.3 Å². The number of aromatic nitrogens is 1. The van der Waals surface area contributed by atoms with Gasteiger partial charge in [0.2, 0.25) is 0 Å². The lowest BCUT2D eigenvalue weighted by molar-refractivity contribution is -0.192. The first kappa shape index (κ1) is 25.0. The summed E-state index contributed by atoms with van der Waals surface area (Å²) < 4.78 is 42.8. The average molecular weight is 447 g/mol. The van der Waals surface area contributed by atoms with Gasteiger partial charge in [0.1, 0.15) is 5.69 Å².